The summed E-state index contributed by atoms with van der Waals surface area (Å²) < 4.78 is 11.3. The van der Waals surface area contributed by atoms with Crippen molar-refractivity contribution in [2.24, 2.45) is 0 Å². The molecule has 164 valence electrons. The summed E-state index contributed by atoms with van der Waals surface area (Å²) >= 11 is 0. The molecule has 0 saturated heterocycles. The van der Waals surface area contributed by atoms with Crippen LogP contribution in [0.25, 0.3) is 11.0 Å². The largest absolute Gasteiger partial charge is 0.450 e. The molecule has 2 aromatic heterocycles. The van der Waals surface area contributed by atoms with Crippen LogP contribution >= 0.6 is 0 Å². The lowest BCUT2D eigenvalue weighted by Crippen LogP contribution is -2.53. The predicted octanol–water partition coefficient (Wildman–Crippen LogP) is 3.67. The summed E-state index contributed by atoms with van der Waals surface area (Å²) in [7, 11) is 0. The number of aromatic nitrogens is 1. The summed E-state index contributed by atoms with van der Waals surface area (Å²) in [5.41, 5.74) is 0.193. The van der Waals surface area contributed by atoms with Crippen molar-refractivity contribution in [2.45, 2.75) is 26.3 Å². The Morgan fingerprint density at radius 3 is 2.55 bits per heavy atom. The summed E-state index contributed by atoms with van der Waals surface area (Å²) in [5, 5.41) is 4.36. The van der Waals surface area contributed by atoms with Crippen molar-refractivity contribution >= 4 is 34.3 Å². The molecular formula is C25H19N3O5. The van der Waals surface area contributed by atoms with Crippen LogP contribution in [0.2, 0.25) is 0 Å². The lowest BCUT2D eigenvalue weighted by Gasteiger charge is -2.32. The van der Waals surface area contributed by atoms with Crippen LogP contribution in [0.1, 0.15) is 39.9 Å². The van der Waals surface area contributed by atoms with Crippen LogP contribution in [-0.4, -0.2) is 23.5 Å². The zero-order chi connectivity index (χ0) is 23.1. The smallest absolute Gasteiger partial charge is 0.297 e. The molecule has 2 aromatic carbocycles. The highest BCUT2D eigenvalue weighted by Crippen LogP contribution is 2.53. The number of amides is 2. The predicted molar refractivity (Wildman–Crippen MR) is 121 cm³/mol. The van der Waals surface area contributed by atoms with E-state index in [4.69, 9.17) is 8.94 Å². The second-order valence-electron chi connectivity index (χ2n) is 8.35. The Hall–Kier alpha value is -4.20. The molecule has 2 amide bonds. The number of rotatable bonds is 2. The minimum atomic E-state index is -1.74. The Labute approximate surface area is 188 Å². The van der Waals surface area contributed by atoms with E-state index in [1.54, 1.807) is 48.2 Å². The normalized spacial score (nSPS) is 19.1. The van der Waals surface area contributed by atoms with Gasteiger partial charge in [-0.15, -0.1) is 0 Å². The van der Waals surface area contributed by atoms with Crippen LogP contribution in [0.4, 0.5) is 11.5 Å². The average molecular weight is 441 g/mol. The Balaban J connectivity index is 1.81. The fourth-order valence-corrected chi connectivity index (χ4v) is 5.09. The van der Waals surface area contributed by atoms with E-state index >= 15 is 0 Å². The van der Waals surface area contributed by atoms with Gasteiger partial charge in [0.05, 0.1) is 16.6 Å². The Kier molecular flexibility index (Phi) is 3.79. The number of para-hydroxylation sites is 1. The second-order valence-corrected chi connectivity index (χ2v) is 8.35. The van der Waals surface area contributed by atoms with Crippen LogP contribution < -0.4 is 15.2 Å². The van der Waals surface area contributed by atoms with Crippen molar-refractivity contribution in [3.8, 4) is 0 Å². The molecule has 0 saturated carbocycles. The van der Waals surface area contributed by atoms with Crippen LogP contribution in [0.5, 0.6) is 0 Å². The highest BCUT2D eigenvalue weighted by Gasteiger charge is 2.66. The van der Waals surface area contributed by atoms with Gasteiger partial charge in [0.25, 0.3) is 11.8 Å². The summed E-state index contributed by atoms with van der Waals surface area (Å²) in [5.74, 6) is -0.560. The van der Waals surface area contributed by atoms with E-state index in [1.165, 1.54) is 4.90 Å². The molecule has 0 fully saturated rings. The first-order valence-electron chi connectivity index (χ1n) is 10.7. The molecule has 0 N–H and O–H groups in total. The van der Waals surface area contributed by atoms with Crippen LogP contribution in [0, 0.1) is 13.8 Å². The third-order valence-electron chi connectivity index (χ3n) is 6.44. The number of carbonyl (C=O) groups is 2. The quantitative estimate of drug-likeness (QED) is 0.471. The zero-order valence-corrected chi connectivity index (χ0v) is 18.2. The first-order chi connectivity index (χ1) is 15.9. The summed E-state index contributed by atoms with van der Waals surface area (Å²) in [4.78, 5) is 44.8. The van der Waals surface area contributed by atoms with Crippen LogP contribution in [0.15, 0.2) is 62.3 Å². The molecule has 33 heavy (non-hydrogen) atoms. The van der Waals surface area contributed by atoms with E-state index in [9.17, 15) is 14.4 Å². The molecule has 6 rings (SSSR count). The molecule has 8 heteroatoms. The summed E-state index contributed by atoms with van der Waals surface area (Å²) in [6.07, 6.45) is 0. The van der Waals surface area contributed by atoms with E-state index in [1.807, 2.05) is 26.0 Å². The van der Waals surface area contributed by atoms with E-state index in [0.717, 1.165) is 5.56 Å². The molecule has 0 bridgehead atoms. The van der Waals surface area contributed by atoms with Gasteiger partial charge in [-0.05, 0) is 39.0 Å². The van der Waals surface area contributed by atoms with Crippen LogP contribution in [-0.2, 0) is 10.3 Å². The number of hydrogen-bond acceptors (Lipinski definition) is 6. The molecule has 0 aliphatic carbocycles. The first kappa shape index (κ1) is 19.5. The van der Waals surface area contributed by atoms with Gasteiger partial charge in [0.1, 0.15) is 11.3 Å². The van der Waals surface area contributed by atoms with E-state index < -0.39 is 22.8 Å². The third-order valence-corrected chi connectivity index (χ3v) is 6.44. The Morgan fingerprint density at radius 1 is 1.03 bits per heavy atom. The SMILES string of the molecule is CCN1C(=O)C2(c3ccccc31)c1c(oc3ccc(C)cc3c1=O)C(=O)N2c1cc(C)on1. The summed E-state index contributed by atoms with van der Waals surface area (Å²) in [6, 6.07) is 13.9. The maximum absolute atomic E-state index is 14.2. The molecular weight excluding hydrogens is 422 g/mol. The van der Waals surface area contributed by atoms with Crippen molar-refractivity contribution < 1.29 is 18.5 Å². The number of carbonyl (C=O) groups excluding carboxylic acids is 2. The van der Waals surface area contributed by atoms with Gasteiger partial charge < -0.3 is 13.8 Å². The molecule has 4 aromatic rings. The lowest BCUT2D eigenvalue weighted by atomic mass is 9.84. The van der Waals surface area contributed by atoms with Crippen molar-refractivity contribution in [3.05, 3.63) is 87.0 Å². The summed E-state index contributed by atoms with van der Waals surface area (Å²) in [6.45, 7) is 5.78. The Bertz CT molecular complexity index is 1570. The number of likely N-dealkylation sites (N-methyl/N-ethyl adjacent to an activating group) is 1. The van der Waals surface area contributed by atoms with Gasteiger partial charge in [0.15, 0.2) is 16.8 Å². The van der Waals surface area contributed by atoms with Crippen molar-refractivity contribution in [2.75, 3.05) is 16.3 Å². The van der Waals surface area contributed by atoms with Gasteiger partial charge in [-0.2, -0.15) is 0 Å². The van der Waals surface area contributed by atoms with Gasteiger partial charge in [-0.1, -0.05) is 35.0 Å². The highest BCUT2D eigenvalue weighted by molar-refractivity contribution is 6.24. The van der Waals surface area contributed by atoms with Crippen LogP contribution in [0.3, 0.4) is 0 Å². The number of aryl methyl sites for hydroxylation is 2. The van der Waals surface area contributed by atoms with Gasteiger partial charge in [0, 0.05) is 18.2 Å². The molecule has 4 heterocycles. The average Bonchev–Trinajstić information content (AvgIpc) is 3.41. The molecule has 1 spiro atoms. The first-order valence-corrected chi connectivity index (χ1v) is 10.7. The van der Waals surface area contributed by atoms with E-state index in [-0.39, 0.29) is 22.7 Å². The van der Waals surface area contributed by atoms with Gasteiger partial charge in [0.2, 0.25) is 5.76 Å². The minimum absolute atomic E-state index is 0.0136. The number of hydrogen-bond donors (Lipinski definition) is 0. The number of nitrogens with zero attached hydrogens (tertiary/aromatic N) is 3. The maximum Gasteiger partial charge on any atom is 0.297 e. The molecule has 8 nitrogen and oxygen atoms in total. The van der Waals surface area contributed by atoms with E-state index in [0.29, 0.717) is 28.9 Å². The van der Waals surface area contributed by atoms with Crippen molar-refractivity contribution in [3.63, 3.8) is 0 Å². The number of fused-ring (bicyclic) bond motifs is 5. The number of anilines is 2. The molecule has 1 atom stereocenters. The fraction of sp³-hybridized carbons (Fsp3) is 0.200. The fourth-order valence-electron chi connectivity index (χ4n) is 5.09. The molecule has 2 aliphatic rings. The monoisotopic (exact) mass is 441 g/mol. The third kappa shape index (κ3) is 2.24. The van der Waals surface area contributed by atoms with E-state index in [2.05, 4.69) is 5.16 Å². The molecule has 1 unspecified atom stereocenters. The second kappa shape index (κ2) is 6.41. The molecule has 2 aliphatic heterocycles. The Morgan fingerprint density at radius 2 is 1.82 bits per heavy atom. The topological polar surface area (TPSA) is 96.9 Å². The maximum atomic E-state index is 14.2. The van der Waals surface area contributed by atoms with Gasteiger partial charge >= 0.3 is 0 Å². The van der Waals surface area contributed by atoms with Crippen molar-refractivity contribution in [1.82, 2.24) is 5.16 Å². The van der Waals surface area contributed by atoms with Gasteiger partial charge in [-0.25, -0.2) is 0 Å². The highest BCUT2D eigenvalue weighted by atomic mass is 16.5. The zero-order valence-electron chi connectivity index (χ0n) is 18.2. The van der Waals surface area contributed by atoms with Gasteiger partial charge in [-0.3, -0.25) is 19.3 Å². The molecule has 0 radical (unpaired) electrons. The standard InChI is InChI=1S/C25H19N3O5/c1-4-27-17-8-6-5-7-16(17)25(24(27)31)20-21(29)15-11-13(2)9-10-18(15)32-22(20)23(30)28(25)19-12-14(3)33-26-19/h5-12H,4H2,1-3H3. The minimum Gasteiger partial charge on any atom is -0.450 e. The number of benzene rings is 2. The van der Waals surface area contributed by atoms with Crippen molar-refractivity contribution in [1.29, 1.82) is 0 Å². The lowest BCUT2D eigenvalue weighted by molar-refractivity contribution is -0.121.